The van der Waals surface area contributed by atoms with Crippen molar-refractivity contribution in [3.8, 4) is 0 Å². The molecule has 6 amide bonds. The molecule has 0 radical (unpaired) electrons. The normalized spacial score (nSPS) is 28.3. The molecule has 22 heteroatoms. The molecule has 6 heterocycles. The summed E-state index contributed by atoms with van der Waals surface area (Å²) in [6, 6.07) is 13.5. The largest absolute Gasteiger partial charge is 0.479 e. The Kier molecular flexibility index (Phi) is 25.1. The standard InChI is InChI=1S/C35H47N3O8.C33H43N3O8.3CH4/c1-5-44-32(42)35-19-26(35)16-10-8-6-7-9-13-23(17-29(39)46-34(2,3)4)31(41)38-22-27(18-28(38)30(40)36-35)45-33(43)37-20-24-14-11-12-15-25(24)21-37;1-32(2,3)44-27(37)15-21-11-7-5-4-6-8-14-24-17-33(24,30(40)41)34-28(38)26-16-25(20-36(26)29(21)39)43-31(42)35-18-22-12-9-10-13-23(22)19-35;;;/h10-12,14-16,23,26-28H,5-9,13,17-22H2,1-4H3,(H,36,40);8-10,12-14,21,24-26H,4-7,11,15-20H2,1-3H3,(H,34,38)(H,40,41);3*1H4/b16-10-;14-8-;;;/t23-,26-,27-,28+,35-;21-,24-,25-,26+,33-;;;/m11.../s1. The van der Waals surface area contributed by atoms with Gasteiger partial charge in [-0.1, -0.05) is 121 Å². The number of allylic oxidation sites excluding steroid dienone is 2. The number of esters is 3. The number of hydrogen-bond donors (Lipinski definition) is 3. The molecule has 3 N–H and O–H groups in total. The molecule has 0 spiro atoms. The Balaban J connectivity index is 0.000000286. The number of nitrogens with one attached hydrogen (secondary N) is 2. The lowest BCUT2D eigenvalue weighted by molar-refractivity contribution is -0.159. The molecule has 6 aliphatic heterocycles. The monoisotopic (exact) mass is 1290 g/mol. The van der Waals surface area contributed by atoms with E-state index in [0.29, 0.717) is 51.9 Å². The van der Waals surface area contributed by atoms with Gasteiger partial charge in [-0.15, -0.1) is 0 Å². The van der Waals surface area contributed by atoms with Crippen LogP contribution in [0.2, 0.25) is 0 Å². The first-order chi connectivity index (χ1) is 42.8. The average Bonchev–Trinajstić information content (AvgIpc) is 1.59. The van der Waals surface area contributed by atoms with Gasteiger partial charge < -0.3 is 49.2 Å². The Morgan fingerprint density at radius 2 is 0.935 bits per heavy atom. The minimum atomic E-state index is -1.44. The van der Waals surface area contributed by atoms with Crippen molar-refractivity contribution in [1.29, 1.82) is 0 Å². The number of benzene rings is 2. The summed E-state index contributed by atoms with van der Waals surface area (Å²) in [5.41, 5.74) is 0.108. The van der Waals surface area contributed by atoms with Gasteiger partial charge in [-0.2, -0.15) is 0 Å². The smallest absolute Gasteiger partial charge is 0.410 e. The molecule has 0 bridgehead atoms. The number of aliphatic carboxylic acids is 1. The Bertz CT molecular complexity index is 3060. The van der Waals surface area contributed by atoms with Crippen LogP contribution in [0.25, 0.3) is 0 Å². The lowest BCUT2D eigenvalue weighted by atomic mass is 9.95. The van der Waals surface area contributed by atoms with Crippen LogP contribution >= 0.6 is 0 Å². The van der Waals surface area contributed by atoms with E-state index in [1.807, 2.05) is 72.8 Å². The summed E-state index contributed by atoms with van der Waals surface area (Å²) in [5, 5.41) is 15.7. The zero-order valence-electron chi connectivity index (χ0n) is 53.2. The van der Waals surface area contributed by atoms with Crippen molar-refractivity contribution in [2.24, 2.45) is 23.7 Å². The summed E-state index contributed by atoms with van der Waals surface area (Å²) in [4.78, 5) is 140. The van der Waals surface area contributed by atoms with Gasteiger partial charge in [0.1, 0.15) is 46.6 Å². The van der Waals surface area contributed by atoms with Gasteiger partial charge in [0.25, 0.3) is 0 Å². The molecule has 2 aromatic rings. The number of carboxylic acid groups (broad SMARTS) is 1. The molecule has 512 valence electrons. The molecule has 10 rings (SSSR count). The van der Waals surface area contributed by atoms with E-state index in [1.54, 1.807) is 58.3 Å². The highest BCUT2D eigenvalue weighted by molar-refractivity contribution is 5.97. The number of hydrogen-bond acceptors (Lipinski definition) is 15. The fourth-order valence-corrected chi connectivity index (χ4v) is 13.3. The minimum Gasteiger partial charge on any atom is -0.479 e. The predicted octanol–water partition coefficient (Wildman–Crippen LogP) is 10.3. The first-order valence-corrected chi connectivity index (χ1v) is 32.2. The molecule has 10 atom stereocenters. The van der Waals surface area contributed by atoms with Gasteiger partial charge in [0.05, 0.1) is 32.5 Å². The highest BCUT2D eigenvalue weighted by Gasteiger charge is 2.63. The summed E-state index contributed by atoms with van der Waals surface area (Å²) < 4.78 is 28.2. The molecule has 8 aliphatic rings. The van der Waals surface area contributed by atoms with Crippen molar-refractivity contribution < 1.29 is 76.7 Å². The Hall–Kier alpha value is -7.78. The van der Waals surface area contributed by atoms with Crippen LogP contribution in [0.15, 0.2) is 72.8 Å². The molecule has 22 nitrogen and oxygen atoms in total. The van der Waals surface area contributed by atoms with Gasteiger partial charge in [0.2, 0.25) is 23.6 Å². The third-order valence-corrected chi connectivity index (χ3v) is 18.1. The molecule has 4 fully saturated rings. The maximum atomic E-state index is 14.2. The van der Waals surface area contributed by atoms with Crippen molar-refractivity contribution in [1.82, 2.24) is 30.2 Å². The Labute approximate surface area is 549 Å². The van der Waals surface area contributed by atoms with Gasteiger partial charge in [-0.05, 0) is 122 Å². The minimum absolute atomic E-state index is 0. The van der Waals surface area contributed by atoms with Gasteiger partial charge in [0.15, 0.2) is 0 Å². The van der Waals surface area contributed by atoms with Gasteiger partial charge >= 0.3 is 36.1 Å². The van der Waals surface area contributed by atoms with Crippen LogP contribution in [-0.4, -0.2) is 151 Å². The number of carboxylic acids is 1. The van der Waals surface area contributed by atoms with Crippen LogP contribution < -0.4 is 10.6 Å². The zero-order chi connectivity index (χ0) is 64.7. The molecule has 2 aromatic carbocycles. The second-order valence-electron chi connectivity index (χ2n) is 27.4. The molecular weight excluding hydrogens is 1190 g/mol. The SMILES string of the molecule is C.C.C.CC(C)(C)OC(=O)C[C@H]1CCCCC/C=C\[C@@H]2C[C@@]2(C(=O)O)NC(=O)[C@@H]2C[C@@H](OC(=O)N3Cc4ccccc4C3)CN2C1=O.CCOC(=O)[C@@]12C[C@H]1/C=C\CCCCC[C@H](CC(=O)OC(C)(C)C)C(=O)N1C[C@H](OC(=O)N3Cc4ccccc4C3)C[C@H]1C(=O)N2. The van der Waals surface area contributed by atoms with Gasteiger partial charge in [0, 0.05) is 62.7 Å². The third kappa shape index (κ3) is 18.5. The predicted molar refractivity (Wildman–Crippen MR) is 347 cm³/mol. The summed E-state index contributed by atoms with van der Waals surface area (Å²) in [6.07, 6.45) is 13.1. The fourth-order valence-electron chi connectivity index (χ4n) is 13.3. The summed E-state index contributed by atoms with van der Waals surface area (Å²) in [6.45, 7) is 14.1. The number of fused-ring (bicyclic) bond motifs is 6. The highest BCUT2D eigenvalue weighted by Crippen LogP contribution is 2.47. The molecule has 93 heavy (non-hydrogen) atoms. The maximum absolute atomic E-state index is 14.2. The molecule has 0 unspecified atom stereocenters. The molecule has 2 saturated heterocycles. The fraction of sp³-hybridized carbons (Fsp3) is 0.634. The number of carbonyl (C=O) groups excluding carboxylic acids is 9. The van der Waals surface area contributed by atoms with Crippen LogP contribution in [0.3, 0.4) is 0 Å². The summed E-state index contributed by atoms with van der Waals surface area (Å²) >= 11 is 0. The lowest BCUT2D eigenvalue weighted by Gasteiger charge is -2.29. The van der Waals surface area contributed by atoms with E-state index >= 15 is 0 Å². The lowest BCUT2D eigenvalue weighted by Crippen LogP contribution is -2.54. The summed E-state index contributed by atoms with van der Waals surface area (Å²) in [7, 11) is 0. The van der Waals surface area contributed by atoms with Crippen molar-refractivity contribution >= 4 is 59.7 Å². The molecule has 0 aromatic heterocycles. The van der Waals surface area contributed by atoms with Crippen LogP contribution in [-0.2, 0) is 88.2 Å². The van der Waals surface area contributed by atoms with Crippen LogP contribution in [0.5, 0.6) is 0 Å². The zero-order valence-corrected chi connectivity index (χ0v) is 53.2. The number of rotatable bonds is 9. The van der Waals surface area contributed by atoms with E-state index in [4.69, 9.17) is 23.7 Å². The van der Waals surface area contributed by atoms with Crippen LogP contribution in [0.1, 0.15) is 196 Å². The molecular formula is C71H102N6O16. The van der Waals surface area contributed by atoms with E-state index in [0.717, 1.165) is 67.2 Å². The second kappa shape index (κ2) is 31.4. The van der Waals surface area contributed by atoms with E-state index in [1.165, 1.54) is 9.80 Å². The topological polar surface area (TPSA) is 274 Å². The van der Waals surface area contributed by atoms with E-state index in [-0.39, 0.29) is 91.8 Å². The Morgan fingerprint density at radius 1 is 0.559 bits per heavy atom. The van der Waals surface area contributed by atoms with Crippen molar-refractivity contribution in [2.45, 2.75) is 246 Å². The maximum Gasteiger partial charge on any atom is 0.410 e. The number of amides is 6. The first kappa shape index (κ1) is 74.3. The quantitative estimate of drug-likeness (QED) is 0.120. The molecule has 2 saturated carbocycles. The van der Waals surface area contributed by atoms with E-state index in [2.05, 4.69) is 10.6 Å². The number of carbonyl (C=O) groups is 10. The van der Waals surface area contributed by atoms with Crippen molar-refractivity contribution in [3.05, 3.63) is 95.1 Å². The van der Waals surface area contributed by atoms with Crippen molar-refractivity contribution in [2.75, 3.05) is 19.7 Å². The van der Waals surface area contributed by atoms with Crippen molar-refractivity contribution in [3.63, 3.8) is 0 Å². The average molecular weight is 1300 g/mol. The highest BCUT2D eigenvalue weighted by atomic mass is 16.6. The number of ether oxygens (including phenoxy) is 5. The second-order valence-corrected chi connectivity index (χ2v) is 27.4. The molecule has 2 aliphatic carbocycles. The third-order valence-electron chi connectivity index (χ3n) is 18.1. The van der Waals surface area contributed by atoms with E-state index in [9.17, 15) is 53.1 Å². The Morgan fingerprint density at radius 3 is 1.31 bits per heavy atom. The van der Waals surface area contributed by atoms with Gasteiger partial charge in [-0.25, -0.2) is 19.2 Å². The van der Waals surface area contributed by atoms with Crippen LogP contribution in [0, 0.1) is 23.7 Å². The van der Waals surface area contributed by atoms with Gasteiger partial charge in [-0.3, -0.25) is 38.6 Å². The van der Waals surface area contributed by atoms with E-state index < -0.39 is 112 Å². The summed E-state index contributed by atoms with van der Waals surface area (Å²) in [5.74, 6) is -6.46. The van der Waals surface area contributed by atoms with Crippen LogP contribution in [0.4, 0.5) is 9.59 Å². The number of nitrogens with zero attached hydrogens (tertiary/aromatic N) is 4. The first-order valence-electron chi connectivity index (χ1n) is 32.2.